The summed E-state index contributed by atoms with van der Waals surface area (Å²) >= 11 is 0. The number of aliphatic hydroxyl groups excluding tert-OH is 2. The fraction of sp³-hybridized carbons (Fsp3) is 0.286. The maximum absolute atomic E-state index is 13.0. The lowest BCUT2D eigenvalue weighted by atomic mass is 9.98. The molecule has 27 heavy (non-hydrogen) atoms. The number of hydrogen-bond acceptors (Lipinski definition) is 5. The summed E-state index contributed by atoms with van der Waals surface area (Å²) in [5, 5.41) is 29.5. The summed E-state index contributed by atoms with van der Waals surface area (Å²) in [6.07, 6.45) is 1.42. The van der Waals surface area contributed by atoms with E-state index in [9.17, 15) is 20.1 Å². The highest BCUT2D eigenvalue weighted by molar-refractivity contribution is 6.16. The van der Waals surface area contributed by atoms with Crippen LogP contribution < -0.4 is 4.90 Å². The molecule has 6 nitrogen and oxygen atoms in total. The molecule has 0 unspecified atom stereocenters. The minimum Gasteiger partial charge on any atom is -0.507 e. The predicted octanol–water partition coefficient (Wildman–Crippen LogP) is 1.05. The number of hydrogen-bond donors (Lipinski definition) is 4. The van der Waals surface area contributed by atoms with E-state index in [4.69, 9.17) is 4.42 Å². The van der Waals surface area contributed by atoms with E-state index < -0.39 is 0 Å². The van der Waals surface area contributed by atoms with Gasteiger partial charge in [-0.1, -0.05) is 29.8 Å². The van der Waals surface area contributed by atoms with Crippen LogP contribution in [0.3, 0.4) is 0 Å². The van der Waals surface area contributed by atoms with Gasteiger partial charge in [0.1, 0.15) is 37.2 Å². The summed E-state index contributed by atoms with van der Waals surface area (Å²) in [6.45, 7) is 3.10. The first kappa shape index (κ1) is 19.1. The van der Waals surface area contributed by atoms with Gasteiger partial charge in [-0.05, 0) is 19.1 Å². The van der Waals surface area contributed by atoms with Crippen LogP contribution in [-0.4, -0.2) is 47.4 Å². The molecule has 0 saturated carbocycles. The number of fused-ring (bicyclic) bond motifs is 1. The van der Waals surface area contributed by atoms with E-state index >= 15 is 0 Å². The van der Waals surface area contributed by atoms with E-state index in [0.717, 1.165) is 10.5 Å². The molecule has 6 heteroatoms. The Morgan fingerprint density at radius 3 is 2.33 bits per heavy atom. The monoisotopic (exact) mass is 370 g/mol. The molecule has 4 N–H and O–H groups in total. The molecule has 3 rings (SSSR count). The molecule has 0 aliphatic carbocycles. The van der Waals surface area contributed by atoms with Gasteiger partial charge in [-0.15, -0.1) is 0 Å². The molecule has 0 aliphatic heterocycles. The van der Waals surface area contributed by atoms with E-state index in [1.807, 2.05) is 19.1 Å². The van der Waals surface area contributed by atoms with E-state index in [1.54, 1.807) is 18.2 Å². The normalized spacial score (nSPS) is 11.4. The third-order valence-corrected chi connectivity index (χ3v) is 4.74. The van der Waals surface area contributed by atoms with Gasteiger partial charge in [0.2, 0.25) is 0 Å². The first-order chi connectivity index (χ1) is 13.0. The minimum absolute atomic E-state index is 0.0351. The third-order valence-electron chi connectivity index (χ3n) is 4.74. The number of aromatic hydroxyl groups is 1. The van der Waals surface area contributed by atoms with Crippen molar-refractivity contribution < 1.29 is 29.4 Å². The van der Waals surface area contributed by atoms with Gasteiger partial charge in [-0.3, -0.25) is 4.79 Å². The summed E-state index contributed by atoms with van der Waals surface area (Å²) in [7, 11) is 0. The molecule has 0 bridgehead atoms. The molecule has 1 heterocycles. The molecule has 0 atom stereocenters. The van der Waals surface area contributed by atoms with Crippen molar-refractivity contribution in [2.75, 3.05) is 26.3 Å². The lowest BCUT2D eigenvalue weighted by molar-refractivity contribution is -0.914. The minimum atomic E-state index is -0.175. The van der Waals surface area contributed by atoms with E-state index in [0.29, 0.717) is 47.3 Å². The Morgan fingerprint density at radius 1 is 1.04 bits per heavy atom. The van der Waals surface area contributed by atoms with Crippen molar-refractivity contribution in [1.82, 2.24) is 0 Å². The second kappa shape index (κ2) is 8.35. The quantitative estimate of drug-likeness (QED) is 0.445. The SMILES string of the molecule is Cc1ccc(C(=O)c2coc3ccc(O)c(C[NH+](CCO)CCO)c23)cc1. The van der Waals surface area contributed by atoms with Gasteiger partial charge in [-0.25, -0.2) is 0 Å². The van der Waals surface area contributed by atoms with Crippen molar-refractivity contribution in [2.45, 2.75) is 13.5 Å². The zero-order valence-corrected chi connectivity index (χ0v) is 15.2. The van der Waals surface area contributed by atoms with Crippen molar-refractivity contribution >= 4 is 16.8 Å². The predicted molar refractivity (Wildman–Crippen MR) is 101 cm³/mol. The number of aliphatic hydroxyl groups is 2. The molecule has 3 aromatic rings. The molecule has 0 spiro atoms. The van der Waals surface area contributed by atoms with Crippen LogP contribution in [0.1, 0.15) is 27.0 Å². The summed E-state index contributed by atoms with van der Waals surface area (Å²) in [4.78, 5) is 13.9. The third kappa shape index (κ3) is 4.03. The summed E-state index contributed by atoms with van der Waals surface area (Å²) in [5.41, 5.74) is 3.10. The smallest absolute Gasteiger partial charge is 0.196 e. The largest absolute Gasteiger partial charge is 0.507 e. The number of aryl methyl sites for hydroxylation is 1. The first-order valence-electron chi connectivity index (χ1n) is 8.93. The highest BCUT2D eigenvalue weighted by atomic mass is 16.3. The van der Waals surface area contributed by atoms with E-state index in [2.05, 4.69) is 0 Å². The van der Waals surface area contributed by atoms with Crippen LogP contribution in [0, 0.1) is 6.92 Å². The van der Waals surface area contributed by atoms with Gasteiger partial charge in [-0.2, -0.15) is 0 Å². The number of phenolic OH excluding ortho intramolecular Hbond substituents is 1. The number of furan rings is 1. The van der Waals surface area contributed by atoms with Crippen LogP contribution in [-0.2, 0) is 6.54 Å². The standard InChI is InChI=1S/C21H23NO5/c1-14-2-4-15(5-3-14)21(26)17-13-27-19-7-6-18(25)16(20(17)19)12-22(8-10-23)9-11-24/h2-7,13,23-25H,8-12H2,1H3/p+1. The number of ketones is 1. The summed E-state index contributed by atoms with van der Waals surface area (Å²) in [6, 6.07) is 10.5. The summed E-state index contributed by atoms with van der Waals surface area (Å²) < 4.78 is 5.57. The average Bonchev–Trinajstić information content (AvgIpc) is 3.09. The topological polar surface area (TPSA) is 95.3 Å². The zero-order chi connectivity index (χ0) is 19.4. The van der Waals surface area contributed by atoms with Crippen molar-refractivity contribution in [3.05, 3.63) is 64.9 Å². The Hall–Kier alpha value is -2.67. The number of carbonyl (C=O) groups is 1. The van der Waals surface area contributed by atoms with Crippen molar-refractivity contribution in [2.24, 2.45) is 0 Å². The van der Waals surface area contributed by atoms with Crippen LogP contribution in [0.4, 0.5) is 0 Å². The molecule has 1 aromatic heterocycles. The Balaban J connectivity index is 2.06. The Labute approximate surface area is 157 Å². The Morgan fingerprint density at radius 2 is 1.70 bits per heavy atom. The Bertz CT molecular complexity index is 924. The Kier molecular flexibility index (Phi) is 5.91. The van der Waals surface area contributed by atoms with Crippen molar-refractivity contribution in [3.8, 4) is 5.75 Å². The van der Waals surface area contributed by atoms with Crippen LogP contribution in [0.25, 0.3) is 11.0 Å². The van der Waals surface area contributed by atoms with E-state index in [1.165, 1.54) is 12.3 Å². The molecule has 0 saturated heterocycles. The number of quaternary nitrogens is 1. The number of rotatable bonds is 8. The van der Waals surface area contributed by atoms with Gasteiger partial charge < -0.3 is 24.6 Å². The summed E-state index contributed by atoms with van der Waals surface area (Å²) in [5.74, 6) is -0.110. The number of phenols is 1. The molecular weight excluding hydrogens is 346 g/mol. The molecule has 2 aromatic carbocycles. The van der Waals surface area contributed by atoms with Gasteiger partial charge in [0, 0.05) is 10.9 Å². The van der Waals surface area contributed by atoms with Crippen LogP contribution in [0.2, 0.25) is 0 Å². The molecular formula is C21H24NO5+. The van der Waals surface area contributed by atoms with Gasteiger partial charge in [0.15, 0.2) is 5.78 Å². The van der Waals surface area contributed by atoms with Crippen molar-refractivity contribution in [1.29, 1.82) is 0 Å². The zero-order valence-electron chi connectivity index (χ0n) is 15.2. The molecule has 0 amide bonds. The fourth-order valence-corrected chi connectivity index (χ4v) is 3.26. The van der Waals surface area contributed by atoms with Gasteiger partial charge in [0.25, 0.3) is 0 Å². The molecule has 0 aliphatic rings. The average molecular weight is 370 g/mol. The highest BCUT2D eigenvalue weighted by Crippen LogP contribution is 2.32. The highest BCUT2D eigenvalue weighted by Gasteiger charge is 2.23. The van der Waals surface area contributed by atoms with Gasteiger partial charge >= 0.3 is 0 Å². The maximum atomic E-state index is 13.0. The van der Waals surface area contributed by atoms with Crippen LogP contribution in [0.5, 0.6) is 5.75 Å². The maximum Gasteiger partial charge on any atom is 0.196 e. The molecule has 0 fully saturated rings. The number of nitrogens with one attached hydrogen (secondary N) is 1. The van der Waals surface area contributed by atoms with Gasteiger partial charge in [0.05, 0.1) is 24.3 Å². The molecule has 142 valence electrons. The lowest BCUT2D eigenvalue weighted by Gasteiger charge is -2.18. The second-order valence-corrected chi connectivity index (χ2v) is 6.65. The van der Waals surface area contributed by atoms with Crippen LogP contribution in [0.15, 0.2) is 47.1 Å². The van der Waals surface area contributed by atoms with E-state index in [-0.39, 0.29) is 24.7 Å². The number of benzene rings is 2. The number of carbonyl (C=O) groups excluding carboxylic acids is 1. The molecule has 0 radical (unpaired) electrons. The fourth-order valence-electron chi connectivity index (χ4n) is 3.26. The second-order valence-electron chi connectivity index (χ2n) is 6.65. The van der Waals surface area contributed by atoms with Crippen molar-refractivity contribution in [3.63, 3.8) is 0 Å². The first-order valence-corrected chi connectivity index (χ1v) is 8.93. The lowest BCUT2D eigenvalue weighted by Crippen LogP contribution is -3.11. The van der Waals surface area contributed by atoms with Crippen LogP contribution >= 0.6 is 0 Å².